The number of thiazole rings is 1. The normalized spacial score (nSPS) is 10.9. The van der Waals surface area contributed by atoms with Crippen molar-refractivity contribution < 1.29 is 4.79 Å². The molecule has 0 atom stereocenters. The summed E-state index contributed by atoms with van der Waals surface area (Å²) < 4.78 is 0. The van der Waals surface area contributed by atoms with E-state index in [2.05, 4.69) is 9.97 Å². The molecule has 0 amide bonds. The first-order chi connectivity index (χ1) is 11.6. The first kappa shape index (κ1) is 16.1. The van der Waals surface area contributed by atoms with Gasteiger partial charge in [-0.3, -0.25) is 9.78 Å². The standard InChI is InChI=1S/C19H17N3OS/c1-22(2)16-9-6-14(7-10-16)18(23)11-8-15-13-24-19(21-15)17-5-3-4-12-20-17/h3-13H,1-2H3/b11-8+. The molecule has 1 aromatic carbocycles. The van der Waals surface area contributed by atoms with Gasteiger partial charge < -0.3 is 4.90 Å². The lowest BCUT2D eigenvalue weighted by Gasteiger charge is -2.11. The Morgan fingerprint density at radius 2 is 1.92 bits per heavy atom. The molecule has 0 spiro atoms. The topological polar surface area (TPSA) is 46.1 Å². The van der Waals surface area contributed by atoms with Crippen LogP contribution in [0.3, 0.4) is 0 Å². The Labute approximate surface area is 145 Å². The molecule has 0 fully saturated rings. The summed E-state index contributed by atoms with van der Waals surface area (Å²) in [5, 5.41) is 2.76. The summed E-state index contributed by atoms with van der Waals surface area (Å²) >= 11 is 1.51. The Balaban J connectivity index is 1.71. The summed E-state index contributed by atoms with van der Waals surface area (Å²) in [5.74, 6) is -0.0345. The monoisotopic (exact) mass is 335 g/mol. The van der Waals surface area contributed by atoms with E-state index in [1.54, 1.807) is 18.3 Å². The van der Waals surface area contributed by atoms with Crippen LogP contribution in [0.2, 0.25) is 0 Å². The molecular formula is C19H17N3OS. The highest BCUT2D eigenvalue weighted by molar-refractivity contribution is 7.13. The van der Waals surface area contributed by atoms with E-state index in [0.717, 1.165) is 22.1 Å². The third-order valence-electron chi connectivity index (χ3n) is 3.48. The number of aromatic nitrogens is 2. The van der Waals surface area contributed by atoms with E-state index in [-0.39, 0.29) is 5.78 Å². The number of hydrogen-bond acceptors (Lipinski definition) is 5. The summed E-state index contributed by atoms with van der Waals surface area (Å²) in [5.41, 5.74) is 3.33. The molecule has 0 N–H and O–H groups in total. The third kappa shape index (κ3) is 3.75. The van der Waals surface area contributed by atoms with Crippen molar-refractivity contribution in [2.45, 2.75) is 0 Å². The van der Waals surface area contributed by atoms with Crippen molar-refractivity contribution >= 4 is 28.9 Å². The molecule has 4 nitrogen and oxygen atoms in total. The number of benzene rings is 1. The smallest absolute Gasteiger partial charge is 0.185 e. The van der Waals surface area contributed by atoms with Crippen LogP contribution < -0.4 is 4.90 Å². The maximum Gasteiger partial charge on any atom is 0.185 e. The number of hydrogen-bond donors (Lipinski definition) is 0. The molecule has 0 aliphatic heterocycles. The van der Waals surface area contributed by atoms with Crippen molar-refractivity contribution in [2.24, 2.45) is 0 Å². The second-order valence-electron chi connectivity index (χ2n) is 5.43. The lowest BCUT2D eigenvalue weighted by atomic mass is 10.1. The van der Waals surface area contributed by atoms with Gasteiger partial charge >= 0.3 is 0 Å². The Morgan fingerprint density at radius 1 is 1.12 bits per heavy atom. The van der Waals surface area contributed by atoms with Crippen LogP contribution in [0.5, 0.6) is 0 Å². The largest absolute Gasteiger partial charge is 0.378 e. The molecule has 2 aromatic heterocycles. The van der Waals surface area contributed by atoms with Crippen molar-refractivity contribution in [1.82, 2.24) is 9.97 Å². The van der Waals surface area contributed by atoms with Gasteiger partial charge in [-0.2, -0.15) is 0 Å². The number of pyridine rings is 1. The number of carbonyl (C=O) groups is 1. The summed E-state index contributed by atoms with van der Waals surface area (Å²) in [7, 11) is 3.94. The van der Waals surface area contributed by atoms with Crippen LogP contribution in [-0.4, -0.2) is 29.8 Å². The van der Waals surface area contributed by atoms with Crippen molar-refractivity contribution in [3.8, 4) is 10.7 Å². The fourth-order valence-electron chi connectivity index (χ4n) is 2.15. The zero-order valence-electron chi connectivity index (χ0n) is 13.5. The zero-order valence-corrected chi connectivity index (χ0v) is 14.3. The Morgan fingerprint density at radius 3 is 2.58 bits per heavy atom. The molecular weight excluding hydrogens is 318 g/mol. The van der Waals surface area contributed by atoms with Crippen LogP contribution in [0, 0.1) is 0 Å². The van der Waals surface area contributed by atoms with Crippen LogP contribution in [0.4, 0.5) is 5.69 Å². The Hall–Kier alpha value is -2.79. The second kappa shape index (κ2) is 7.19. The molecule has 3 aromatic rings. The fourth-order valence-corrected chi connectivity index (χ4v) is 2.91. The van der Waals surface area contributed by atoms with Gasteiger partial charge in [0.25, 0.3) is 0 Å². The van der Waals surface area contributed by atoms with Crippen LogP contribution in [0.25, 0.3) is 16.8 Å². The first-order valence-corrected chi connectivity index (χ1v) is 8.38. The third-order valence-corrected chi connectivity index (χ3v) is 4.36. The van der Waals surface area contributed by atoms with E-state index < -0.39 is 0 Å². The van der Waals surface area contributed by atoms with E-state index in [4.69, 9.17) is 0 Å². The predicted octanol–water partition coefficient (Wildman–Crippen LogP) is 4.17. The minimum Gasteiger partial charge on any atom is -0.378 e. The number of allylic oxidation sites excluding steroid dienone is 1. The number of rotatable bonds is 5. The maximum atomic E-state index is 12.2. The molecule has 0 bridgehead atoms. The van der Waals surface area contributed by atoms with Gasteiger partial charge in [-0.15, -0.1) is 11.3 Å². The van der Waals surface area contributed by atoms with Crippen LogP contribution >= 0.6 is 11.3 Å². The molecule has 3 rings (SSSR count). The van der Waals surface area contributed by atoms with E-state index >= 15 is 0 Å². The van der Waals surface area contributed by atoms with Gasteiger partial charge in [0, 0.05) is 36.9 Å². The minimum absolute atomic E-state index is 0.0345. The number of ketones is 1. The highest BCUT2D eigenvalue weighted by atomic mass is 32.1. The molecule has 2 heterocycles. The predicted molar refractivity (Wildman–Crippen MR) is 99.5 cm³/mol. The van der Waals surface area contributed by atoms with Gasteiger partial charge in [0.1, 0.15) is 5.01 Å². The maximum absolute atomic E-state index is 12.2. The summed E-state index contributed by atoms with van der Waals surface area (Å²) in [6.07, 6.45) is 5.04. The molecule has 0 saturated carbocycles. The summed E-state index contributed by atoms with van der Waals surface area (Å²) in [6.45, 7) is 0. The first-order valence-electron chi connectivity index (χ1n) is 7.50. The lowest BCUT2D eigenvalue weighted by Crippen LogP contribution is -2.08. The minimum atomic E-state index is -0.0345. The van der Waals surface area contributed by atoms with Crippen LogP contribution in [0.1, 0.15) is 16.1 Å². The van der Waals surface area contributed by atoms with Gasteiger partial charge in [-0.25, -0.2) is 4.98 Å². The van der Waals surface area contributed by atoms with Crippen molar-refractivity contribution in [2.75, 3.05) is 19.0 Å². The van der Waals surface area contributed by atoms with E-state index in [1.165, 1.54) is 11.3 Å². The van der Waals surface area contributed by atoms with Crippen molar-refractivity contribution in [3.05, 3.63) is 71.4 Å². The van der Waals surface area contributed by atoms with E-state index in [9.17, 15) is 4.79 Å². The van der Waals surface area contributed by atoms with Gasteiger partial charge in [0.2, 0.25) is 0 Å². The quantitative estimate of drug-likeness (QED) is 0.519. The number of carbonyl (C=O) groups excluding carboxylic acids is 1. The van der Waals surface area contributed by atoms with E-state index in [0.29, 0.717) is 5.56 Å². The Bertz CT molecular complexity index is 852. The lowest BCUT2D eigenvalue weighted by molar-refractivity contribution is 0.104. The molecule has 24 heavy (non-hydrogen) atoms. The van der Waals surface area contributed by atoms with Gasteiger partial charge in [-0.05, 0) is 48.6 Å². The Kier molecular flexibility index (Phi) is 4.82. The fraction of sp³-hybridized carbons (Fsp3) is 0.105. The molecule has 0 aliphatic carbocycles. The molecule has 5 heteroatoms. The average molecular weight is 335 g/mol. The molecule has 0 radical (unpaired) electrons. The molecule has 0 aliphatic rings. The zero-order chi connectivity index (χ0) is 16.9. The van der Waals surface area contributed by atoms with Gasteiger partial charge in [0.05, 0.1) is 11.4 Å². The van der Waals surface area contributed by atoms with Crippen LogP contribution in [0.15, 0.2) is 60.1 Å². The van der Waals surface area contributed by atoms with Crippen molar-refractivity contribution in [1.29, 1.82) is 0 Å². The summed E-state index contributed by atoms with van der Waals surface area (Å²) in [6, 6.07) is 13.3. The van der Waals surface area contributed by atoms with Gasteiger partial charge in [-0.1, -0.05) is 6.07 Å². The SMILES string of the molecule is CN(C)c1ccc(C(=O)/C=C/c2csc(-c3ccccn3)n2)cc1. The molecule has 0 unspecified atom stereocenters. The van der Waals surface area contributed by atoms with Gasteiger partial charge in [0.15, 0.2) is 5.78 Å². The molecule has 0 saturated heterocycles. The highest BCUT2D eigenvalue weighted by Crippen LogP contribution is 2.22. The van der Waals surface area contributed by atoms with Crippen molar-refractivity contribution in [3.63, 3.8) is 0 Å². The average Bonchev–Trinajstić information content (AvgIpc) is 3.09. The van der Waals surface area contributed by atoms with Crippen LogP contribution in [-0.2, 0) is 0 Å². The summed E-state index contributed by atoms with van der Waals surface area (Å²) in [4.78, 5) is 23.0. The highest BCUT2D eigenvalue weighted by Gasteiger charge is 2.05. The molecule has 120 valence electrons. The van der Waals surface area contributed by atoms with E-state index in [1.807, 2.05) is 66.8 Å². The second-order valence-corrected chi connectivity index (χ2v) is 6.29. The number of anilines is 1. The number of nitrogens with zero attached hydrogens (tertiary/aromatic N) is 3.